The molecule has 100 valence electrons. The van der Waals surface area contributed by atoms with Crippen molar-refractivity contribution in [2.75, 3.05) is 12.4 Å². The first-order chi connectivity index (χ1) is 9.08. The lowest BCUT2D eigenvalue weighted by Gasteiger charge is -2.18. The van der Waals surface area contributed by atoms with Crippen molar-refractivity contribution < 1.29 is 4.79 Å². The van der Waals surface area contributed by atoms with E-state index in [9.17, 15) is 4.79 Å². The summed E-state index contributed by atoms with van der Waals surface area (Å²) in [5.74, 6) is 0. The van der Waals surface area contributed by atoms with Crippen LogP contribution in [0.2, 0.25) is 5.02 Å². The van der Waals surface area contributed by atoms with Crippen molar-refractivity contribution in [3.05, 3.63) is 45.4 Å². The Bertz CT molecular complexity index is 551. The number of aromatic nitrogens is 1. The number of urea groups is 1. The highest BCUT2D eigenvalue weighted by atomic mass is 35.5. The molecule has 2 aromatic rings. The number of para-hydroxylation sites is 1. The number of nitrogens with one attached hydrogen (secondary N) is 1. The van der Waals surface area contributed by atoms with Crippen LogP contribution in [0.5, 0.6) is 0 Å². The zero-order valence-corrected chi connectivity index (χ0v) is 12.3. The number of thiazole rings is 1. The van der Waals surface area contributed by atoms with Crippen molar-refractivity contribution in [2.24, 2.45) is 0 Å². The molecule has 0 saturated heterocycles. The Morgan fingerprint density at radius 3 is 2.95 bits per heavy atom. The molecule has 0 unspecified atom stereocenters. The fraction of sp³-hybridized carbons (Fsp3) is 0.231. The van der Waals surface area contributed by atoms with Gasteiger partial charge in [-0.25, -0.2) is 9.78 Å². The predicted molar refractivity (Wildman–Crippen MR) is 78.8 cm³/mol. The monoisotopic (exact) mass is 295 g/mol. The Kier molecular flexibility index (Phi) is 4.39. The van der Waals surface area contributed by atoms with Crippen LogP contribution in [0, 0.1) is 6.92 Å². The second-order valence-electron chi connectivity index (χ2n) is 4.20. The maximum absolute atomic E-state index is 12.1. The van der Waals surface area contributed by atoms with Crippen LogP contribution >= 0.6 is 22.9 Å². The van der Waals surface area contributed by atoms with Gasteiger partial charge in [0, 0.05) is 12.4 Å². The van der Waals surface area contributed by atoms with Gasteiger partial charge in [-0.15, -0.1) is 11.3 Å². The van der Waals surface area contributed by atoms with Crippen LogP contribution in [0.25, 0.3) is 0 Å². The van der Waals surface area contributed by atoms with Crippen molar-refractivity contribution in [2.45, 2.75) is 13.5 Å². The Hall–Kier alpha value is -1.59. The molecule has 2 rings (SSSR count). The average Bonchev–Trinajstić information content (AvgIpc) is 2.86. The van der Waals surface area contributed by atoms with Gasteiger partial charge in [0.15, 0.2) is 0 Å². The molecule has 0 radical (unpaired) electrons. The van der Waals surface area contributed by atoms with E-state index in [2.05, 4.69) is 10.3 Å². The molecule has 4 nitrogen and oxygen atoms in total. The van der Waals surface area contributed by atoms with Gasteiger partial charge in [-0.05, 0) is 18.6 Å². The molecule has 2 amide bonds. The van der Waals surface area contributed by atoms with E-state index in [-0.39, 0.29) is 6.03 Å². The van der Waals surface area contributed by atoms with Gasteiger partial charge in [0.05, 0.1) is 28.5 Å². The van der Waals surface area contributed by atoms with E-state index in [1.807, 2.05) is 24.4 Å². The van der Waals surface area contributed by atoms with Crippen LogP contribution in [0.15, 0.2) is 29.1 Å². The van der Waals surface area contributed by atoms with Crippen molar-refractivity contribution >= 4 is 34.7 Å². The number of amides is 2. The Labute approximate surface area is 121 Å². The first-order valence-corrected chi connectivity index (χ1v) is 7.04. The zero-order valence-electron chi connectivity index (χ0n) is 10.7. The molecule has 1 heterocycles. The van der Waals surface area contributed by atoms with Gasteiger partial charge >= 0.3 is 6.03 Å². The van der Waals surface area contributed by atoms with Gasteiger partial charge in [0.2, 0.25) is 0 Å². The number of carbonyl (C=O) groups is 1. The van der Waals surface area contributed by atoms with Crippen LogP contribution in [0.1, 0.15) is 11.3 Å². The van der Waals surface area contributed by atoms with Gasteiger partial charge in [0.1, 0.15) is 0 Å². The third kappa shape index (κ3) is 3.45. The molecule has 6 heteroatoms. The lowest BCUT2D eigenvalue weighted by atomic mass is 10.2. The number of rotatable bonds is 3. The van der Waals surface area contributed by atoms with Crippen molar-refractivity contribution in [1.82, 2.24) is 9.88 Å². The number of carbonyl (C=O) groups excluding carboxylic acids is 1. The highest BCUT2D eigenvalue weighted by Crippen LogP contribution is 2.25. The van der Waals surface area contributed by atoms with Crippen LogP contribution in [-0.4, -0.2) is 23.0 Å². The topological polar surface area (TPSA) is 45.2 Å². The molecule has 0 saturated carbocycles. The largest absolute Gasteiger partial charge is 0.322 e. The second kappa shape index (κ2) is 6.04. The molecule has 1 aromatic heterocycles. The van der Waals surface area contributed by atoms with Crippen molar-refractivity contribution in [1.29, 1.82) is 0 Å². The molecule has 1 N–H and O–H groups in total. The summed E-state index contributed by atoms with van der Waals surface area (Å²) in [7, 11) is 1.72. The van der Waals surface area contributed by atoms with Crippen LogP contribution < -0.4 is 5.32 Å². The second-order valence-corrected chi connectivity index (χ2v) is 5.32. The zero-order chi connectivity index (χ0) is 13.8. The highest BCUT2D eigenvalue weighted by molar-refractivity contribution is 7.07. The maximum Gasteiger partial charge on any atom is 0.321 e. The lowest BCUT2D eigenvalue weighted by Crippen LogP contribution is -2.31. The smallest absolute Gasteiger partial charge is 0.321 e. The summed E-state index contributed by atoms with van der Waals surface area (Å²) in [6.07, 6.45) is 0. The lowest BCUT2D eigenvalue weighted by molar-refractivity contribution is 0.220. The number of halogens is 1. The minimum absolute atomic E-state index is 0.204. The van der Waals surface area contributed by atoms with E-state index >= 15 is 0 Å². The molecule has 19 heavy (non-hydrogen) atoms. The summed E-state index contributed by atoms with van der Waals surface area (Å²) >= 11 is 7.59. The number of hydrogen-bond donors (Lipinski definition) is 1. The van der Waals surface area contributed by atoms with E-state index in [1.54, 1.807) is 23.5 Å². The molecule has 0 bridgehead atoms. The van der Waals surface area contributed by atoms with E-state index < -0.39 is 0 Å². The van der Waals surface area contributed by atoms with Gasteiger partial charge in [-0.1, -0.05) is 23.7 Å². The fourth-order valence-corrected chi connectivity index (χ4v) is 2.44. The maximum atomic E-state index is 12.1. The van der Waals surface area contributed by atoms with Crippen molar-refractivity contribution in [3.63, 3.8) is 0 Å². The number of anilines is 1. The van der Waals surface area contributed by atoms with E-state index in [4.69, 9.17) is 11.6 Å². The normalized spacial score (nSPS) is 10.3. The highest BCUT2D eigenvalue weighted by Gasteiger charge is 2.13. The van der Waals surface area contributed by atoms with E-state index in [0.717, 1.165) is 11.3 Å². The van der Waals surface area contributed by atoms with E-state index in [1.165, 1.54) is 11.3 Å². The predicted octanol–water partition coefficient (Wildman–Crippen LogP) is 3.77. The third-order valence-corrected chi connectivity index (χ3v) is 3.63. The van der Waals surface area contributed by atoms with Gasteiger partial charge in [-0.2, -0.15) is 0 Å². The number of hydrogen-bond acceptors (Lipinski definition) is 3. The SMILES string of the molecule is Cc1cccc(Cl)c1NC(=O)N(C)Cc1cscn1. The molecular formula is C13H14ClN3OS. The quantitative estimate of drug-likeness (QED) is 0.937. The Morgan fingerprint density at radius 1 is 1.53 bits per heavy atom. The molecule has 0 fully saturated rings. The third-order valence-electron chi connectivity index (χ3n) is 2.68. The minimum atomic E-state index is -0.204. The molecule has 0 aliphatic rings. The number of nitrogens with zero attached hydrogens (tertiary/aromatic N) is 2. The molecule has 0 aliphatic heterocycles. The van der Waals surface area contributed by atoms with Gasteiger partial charge in [-0.3, -0.25) is 0 Å². The molecule has 1 aromatic carbocycles. The van der Waals surface area contributed by atoms with Gasteiger partial charge in [0.25, 0.3) is 0 Å². The fourth-order valence-electron chi connectivity index (χ4n) is 1.62. The average molecular weight is 296 g/mol. The Balaban J connectivity index is 2.04. The molecule has 0 atom stereocenters. The summed E-state index contributed by atoms with van der Waals surface area (Å²) < 4.78 is 0. The minimum Gasteiger partial charge on any atom is -0.322 e. The van der Waals surface area contributed by atoms with Crippen molar-refractivity contribution in [3.8, 4) is 0 Å². The van der Waals surface area contributed by atoms with Crippen LogP contribution in [0.3, 0.4) is 0 Å². The number of aryl methyl sites for hydroxylation is 1. The summed E-state index contributed by atoms with van der Waals surface area (Å²) in [6.45, 7) is 2.38. The molecular weight excluding hydrogens is 282 g/mol. The summed E-state index contributed by atoms with van der Waals surface area (Å²) in [4.78, 5) is 17.8. The molecule has 0 aliphatic carbocycles. The van der Waals surface area contributed by atoms with Crippen LogP contribution in [-0.2, 0) is 6.54 Å². The Morgan fingerprint density at radius 2 is 2.32 bits per heavy atom. The van der Waals surface area contributed by atoms with Gasteiger partial charge < -0.3 is 10.2 Å². The van der Waals surface area contributed by atoms with E-state index in [0.29, 0.717) is 17.3 Å². The molecule has 0 spiro atoms. The standard InChI is InChI=1S/C13H14ClN3OS/c1-9-4-3-5-11(14)12(9)16-13(18)17(2)6-10-7-19-8-15-10/h3-5,7-8H,6H2,1-2H3,(H,16,18). The summed E-state index contributed by atoms with van der Waals surface area (Å²) in [5.41, 5.74) is 4.21. The number of benzene rings is 1. The first kappa shape index (κ1) is 13.8. The summed E-state index contributed by atoms with van der Waals surface area (Å²) in [6, 6.07) is 5.31. The van der Waals surface area contributed by atoms with Crippen LogP contribution in [0.4, 0.5) is 10.5 Å². The summed E-state index contributed by atoms with van der Waals surface area (Å²) in [5, 5.41) is 5.28. The first-order valence-electron chi connectivity index (χ1n) is 5.72.